The molecule has 0 spiro atoms. The molecule has 0 aliphatic heterocycles. The number of hydrogen-bond donors (Lipinski definition) is 2. The molecule has 0 saturated carbocycles. The van der Waals surface area contributed by atoms with E-state index in [4.69, 9.17) is 10.2 Å². The van der Waals surface area contributed by atoms with Crippen LogP contribution in [0.1, 0.15) is 21.7 Å². The Morgan fingerprint density at radius 2 is 2.05 bits per heavy atom. The number of hydrogen-bond acceptors (Lipinski definition) is 3. The van der Waals surface area contributed by atoms with Crippen molar-refractivity contribution in [1.29, 1.82) is 0 Å². The second-order valence-electron chi connectivity index (χ2n) is 4.46. The normalized spacial score (nSPS) is 10.5. The minimum Gasteiger partial charge on any atom is -0.451 e. The SMILES string of the molecule is Cc1cccc(-c2ccc(C(=O)NCCN)o2)c1C. The lowest BCUT2D eigenvalue weighted by molar-refractivity contribution is 0.0928. The van der Waals surface area contributed by atoms with E-state index in [0.717, 1.165) is 11.1 Å². The predicted molar refractivity (Wildman–Crippen MR) is 75.0 cm³/mol. The quantitative estimate of drug-likeness (QED) is 0.883. The van der Waals surface area contributed by atoms with Gasteiger partial charge in [-0.25, -0.2) is 0 Å². The van der Waals surface area contributed by atoms with Gasteiger partial charge < -0.3 is 15.5 Å². The molecule has 0 bridgehead atoms. The Hall–Kier alpha value is -2.07. The van der Waals surface area contributed by atoms with Gasteiger partial charge in [-0.15, -0.1) is 0 Å². The van der Waals surface area contributed by atoms with E-state index in [9.17, 15) is 4.79 Å². The molecule has 0 saturated heterocycles. The van der Waals surface area contributed by atoms with Crippen molar-refractivity contribution >= 4 is 5.91 Å². The summed E-state index contributed by atoms with van der Waals surface area (Å²) < 4.78 is 5.61. The third-order valence-corrected chi connectivity index (χ3v) is 3.13. The number of aryl methyl sites for hydroxylation is 1. The zero-order valence-corrected chi connectivity index (χ0v) is 11.2. The fourth-order valence-electron chi connectivity index (χ4n) is 1.90. The van der Waals surface area contributed by atoms with Gasteiger partial charge in [0.05, 0.1) is 0 Å². The van der Waals surface area contributed by atoms with Gasteiger partial charge in [0.2, 0.25) is 0 Å². The van der Waals surface area contributed by atoms with Crippen LogP contribution in [0.2, 0.25) is 0 Å². The van der Waals surface area contributed by atoms with Crippen LogP contribution in [0.15, 0.2) is 34.7 Å². The standard InChI is InChI=1S/C15H18N2O2/c1-10-4-3-5-12(11(10)2)13-6-7-14(19-13)15(18)17-9-8-16/h3-7H,8-9,16H2,1-2H3,(H,17,18). The molecule has 19 heavy (non-hydrogen) atoms. The summed E-state index contributed by atoms with van der Waals surface area (Å²) in [4.78, 5) is 11.7. The Morgan fingerprint density at radius 3 is 2.79 bits per heavy atom. The van der Waals surface area contributed by atoms with Gasteiger partial charge in [0, 0.05) is 18.7 Å². The molecular formula is C15H18N2O2. The predicted octanol–water partition coefficient (Wildman–Crippen LogP) is 2.25. The largest absolute Gasteiger partial charge is 0.451 e. The summed E-state index contributed by atoms with van der Waals surface area (Å²) in [7, 11) is 0. The second-order valence-corrected chi connectivity index (χ2v) is 4.46. The summed E-state index contributed by atoms with van der Waals surface area (Å²) in [5, 5.41) is 2.68. The number of rotatable bonds is 4. The van der Waals surface area contributed by atoms with Gasteiger partial charge in [0.15, 0.2) is 5.76 Å². The highest BCUT2D eigenvalue weighted by Crippen LogP contribution is 2.27. The van der Waals surface area contributed by atoms with Gasteiger partial charge in [0.1, 0.15) is 5.76 Å². The lowest BCUT2D eigenvalue weighted by Gasteiger charge is -2.05. The molecule has 1 amide bonds. The Labute approximate surface area is 112 Å². The van der Waals surface area contributed by atoms with Gasteiger partial charge in [-0.3, -0.25) is 4.79 Å². The molecule has 100 valence electrons. The van der Waals surface area contributed by atoms with Crippen LogP contribution in [-0.2, 0) is 0 Å². The van der Waals surface area contributed by atoms with E-state index in [0.29, 0.717) is 24.6 Å². The molecule has 0 unspecified atom stereocenters. The maximum Gasteiger partial charge on any atom is 0.287 e. The summed E-state index contributed by atoms with van der Waals surface area (Å²) in [6, 6.07) is 9.52. The molecule has 0 atom stereocenters. The van der Waals surface area contributed by atoms with Gasteiger partial charge in [-0.1, -0.05) is 18.2 Å². The van der Waals surface area contributed by atoms with E-state index in [1.165, 1.54) is 5.56 Å². The topological polar surface area (TPSA) is 68.3 Å². The summed E-state index contributed by atoms with van der Waals surface area (Å²) in [6.45, 7) is 4.95. The minimum atomic E-state index is -0.234. The van der Waals surface area contributed by atoms with Crippen LogP contribution in [0.3, 0.4) is 0 Å². The third kappa shape index (κ3) is 2.85. The molecule has 4 heteroatoms. The highest BCUT2D eigenvalue weighted by Gasteiger charge is 2.13. The minimum absolute atomic E-state index is 0.234. The Kier molecular flexibility index (Phi) is 4.02. The summed E-state index contributed by atoms with van der Waals surface area (Å²) in [5.74, 6) is 0.783. The lowest BCUT2D eigenvalue weighted by Crippen LogP contribution is -2.28. The Bertz CT molecular complexity index is 588. The average Bonchev–Trinajstić information content (AvgIpc) is 2.88. The number of nitrogens with one attached hydrogen (secondary N) is 1. The molecule has 0 aliphatic rings. The number of carbonyl (C=O) groups excluding carboxylic acids is 1. The summed E-state index contributed by atoms with van der Waals surface area (Å²) >= 11 is 0. The summed E-state index contributed by atoms with van der Waals surface area (Å²) in [5.41, 5.74) is 8.71. The molecule has 1 heterocycles. The monoisotopic (exact) mass is 258 g/mol. The van der Waals surface area contributed by atoms with Crippen molar-refractivity contribution in [2.45, 2.75) is 13.8 Å². The van der Waals surface area contributed by atoms with Crippen molar-refractivity contribution in [2.24, 2.45) is 5.73 Å². The Balaban J connectivity index is 2.26. The van der Waals surface area contributed by atoms with Gasteiger partial charge >= 0.3 is 0 Å². The van der Waals surface area contributed by atoms with Crippen molar-refractivity contribution in [3.63, 3.8) is 0 Å². The van der Waals surface area contributed by atoms with Crippen molar-refractivity contribution in [3.8, 4) is 11.3 Å². The number of benzene rings is 1. The van der Waals surface area contributed by atoms with Crippen molar-refractivity contribution in [2.75, 3.05) is 13.1 Å². The zero-order chi connectivity index (χ0) is 13.8. The van der Waals surface area contributed by atoms with Crippen LogP contribution in [0.4, 0.5) is 0 Å². The molecule has 0 aliphatic carbocycles. The first-order chi connectivity index (χ1) is 9.13. The molecule has 0 radical (unpaired) electrons. The first-order valence-electron chi connectivity index (χ1n) is 6.28. The van der Waals surface area contributed by atoms with E-state index < -0.39 is 0 Å². The number of amides is 1. The van der Waals surface area contributed by atoms with E-state index >= 15 is 0 Å². The smallest absolute Gasteiger partial charge is 0.287 e. The van der Waals surface area contributed by atoms with E-state index in [1.807, 2.05) is 25.1 Å². The van der Waals surface area contributed by atoms with Crippen LogP contribution >= 0.6 is 0 Å². The summed E-state index contributed by atoms with van der Waals surface area (Å²) in [6.07, 6.45) is 0. The van der Waals surface area contributed by atoms with E-state index in [2.05, 4.69) is 18.3 Å². The number of nitrogens with two attached hydrogens (primary N) is 1. The fraction of sp³-hybridized carbons (Fsp3) is 0.267. The molecular weight excluding hydrogens is 240 g/mol. The van der Waals surface area contributed by atoms with Gasteiger partial charge in [0.25, 0.3) is 5.91 Å². The first-order valence-corrected chi connectivity index (χ1v) is 6.28. The maximum atomic E-state index is 11.7. The van der Waals surface area contributed by atoms with Crippen LogP contribution in [-0.4, -0.2) is 19.0 Å². The molecule has 2 rings (SSSR count). The van der Waals surface area contributed by atoms with Crippen molar-refractivity contribution in [1.82, 2.24) is 5.32 Å². The van der Waals surface area contributed by atoms with E-state index in [1.54, 1.807) is 6.07 Å². The van der Waals surface area contributed by atoms with Crippen LogP contribution in [0.25, 0.3) is 11.3 Å². The first kappa shape index (κ1) is 13.4. The zero-order valence-electron chi connectivity index (χ0n) is 11.2. The van der Waals surface area contributed by atoms with Crippen LogP contribution in [0.5, 0.6) is 0 Å². The lowest BCUT2D eigenvalue weighted by atomic mass is 10.0. The van der Waals surface area contributed by atoms with E-state index in [-0.39, 0.29) is 5.91 Å². The second kappa shape index (κ2) is 5.71. The van der Waals surface area contributed by atoms with Crippen molar-refractivity contribution < 1.29 is 9.21 Å². The molecule has 0 fully saturated rings. The molecule has 1 aromatic heterocycles. The molecule has 1 aromatic carbocycles. The highest BCUT2D eigenvalue weighted by atomic mass is 16.3. The van der Waals surface area contributed by atoms with Gasteiger partial charge in [-0.2, -0.15) is 0 Å². The molecule has 4 nitrogen and oxygen atoms in total. The van der Waals surface area contributed by atoms with Gasteiger partial charge in [-0.05, 0) is 37.1 Å². The van der Waals surface area contributed by atoms with Crippen LogP contribution < -0.4 is 11.1 Å². The Morgan fingerprint density at radius 1 is 1.26 bits per heavy atom. The third-order valence-electron chi connectivity index (χ3n) is 3.13. The number of furan rings is 1. The van der Waals surface area contributed by atoms with Crippen molar-refractivity contribution in [3.05, 3.63) is 47.2 Å². The average molecular weight is 258 g/mol. The maximum absolute atomic E-state index is 11.7. The molecule has 3 N–H and O–H groups in total. The molecule has 2 aromatic rings. The fourth-order valence-corrected chi connectivity index (χ4v) is 1.90. The highest BCUT2D eigenvalue weighted by molar-refractivity contribution is 5.92. The number of carbonyl (C=O) groups is 1. The van der Waals surface area contributed by atoms with Crippen LogP contribution in [0, 0.1) is 13.8 Å².